The summed E-state index contributed by atoms with van der Waals surface area (Å²) in [6, 6.07) is 13.1. The predicted octanol–water partition coefficient (Wildman–Crippen LogP) is 2.95. The molecule has 2 aliphatic rings. The van der Waals surface area contributed by atoms with Gasteiger partial charge in [-0.3, -0.25) is 9.59 Å². The standard InChI is InChI=1S/C23H21N5O2/c1-13-14(12-24)6-7-19(25-13)22(30)26-16-10-23(11-16)8-15(9-23)20-17-4-2-3-5-18(17)21(29)28-27-20/h2-7,15-16H,8-11H2,1H3,(H,26,30)(H,28,29). The summed E-state index contributed by atoms with van der Waals surface area (Å²) in [5, 5.41) is 20.7. The SMILES string of the molecule is Cc1nc(C(=O)NC2CC3(C2)CC(c2n[nH]c(=O)c4ccccc24)C3)ccc1C#N. The minimum Gasteiger partial charge on any atom is -0.348 e. The molecule has 5 rings (SSSR count). The van der Waals surface area contributed by atoms with Crippen LogP contribution in [-0.4, -0.2) is 27.1 Å². The Morgan fingerprint density at radius 2 is 1.90 bits per heavy atom. The van der Waals surface area contributed by atoms with Crippen LogP contribution in [0.3, 0.4) is 0 Å². The molecule has 2 fully saturated rings. The molecule has 7 heteroatoms. The Morgan fingerprint density at radius 1 is 1.17 bits per heavy atom. The molecule has 150 valence electrons. The van der Waals surface area contributed by atoms with E-state index < -0.39 is 0 Å². The normalized spacial score (nSPS) is 24.7. The average Bonchev–Trinajstić information content (AvgIpc) is 2.69. The highest BCUT2D eigenvalue weighted by molar-refractivity contribution is 5.92. The van der Waals surface area contributed by atoms with E-state index >= 15 is 0 Å². The summed E-state index contributed by atoms with van der Waals surface area (Å²) >= 11 is 0. The number of amides is 1. The highest BCUT2D eigenvalue weighted by Crippen LogP contribution is 2.62. The Balaban J connectivity index is 1.21. The van der Waals surface area contributed by atoms with E-state index in [9.17, 15) is 9.59 Å². The van der Waals surface area contributed by atoms with Crippen LogP contribution in [0.15, 0.2) is 41.2 Å². The Bertz CT molecular complexity index is 1260. The second kappa shape index (κ2) is 6.77. The van der Waals surface area contributed by atoms with Crippen molar-refractivity contribution < 1.29 is 4.79 Å². The summed E-state index contributed by atoms with van der Waals surface area (Å²) in [7, 11) is 0. The average molecular weight is 399 g/mol. The lowest BCUT2D eigenvalue weighted by atomic mass is 9.49. The van der Waals surface area contributed by atoms with Crippen molar-refractivity contribution in [3.8, 4) is 6.07 Å². The summed E-state index contributed by atoms with van der Waals surface area (Å²) in [5.41, 5.74) is 2.48. The number of H-pyrrole nitrogens is 1. The van der Waals surface area contributed by atoms with E-state index in [1.54, 1.807) is 19.1 Å². The van der Waals surface area contributed by atoms with Crippen LogP contribution >= 0.6 is 0 Å². The van der Waals surface area contributed by atoms with Crippen molar-refractivity contribution in [2.45, 2.75) is 44.6 Å². The number of hydrogen-bond donors (Lipinski definition) is 2. The first kappa shape index (κ1) is 18.5. The molecule has 0 bridgehead atoms. The molecule has 1 amide bonds. The van der Waals surface area contributed by atoms with Gasteiger partial charge in [0.25, 0.3) is 11.5 Å². The van der Waals surface area contributed by atoms with Gasteiger partial charge < -0.3 is 5.32 Å². The van der Waals surface area contributed by atoms with Crippen LogP contribution in [0.2, 0.25) is 0 Å². The second-order valence-corrected chi connectivity index (χ2v) is 8.61. The Labute approximate surface area is 173 Å². The minimum atomic E-state index is -0.188. The lowest BCUT2D eigenvalue weighted by Gasteiger charge is -2.57. The molecule has 2 heterocycles. The number of nitrogens with zero attached hydrogens (tertiary/aromatic N) is 3. The monoisotopic (exact) mass is 399 g/mol. The van der Waals surface area contributed by atoms with Gasteiger partial charge in [-0.15, -0.1) is 0 Å². The number of nitriles is 1. The van der Waals surface area contributed by atoms with Gasteiger partial charge in [0.15, 0.2) is 0 Å². The molecule has 30 heavy (non-hydrogen) atoms. The maximum Gasteiger partial charge on any atom is 0.272 e. The van der Waals surface area contributed by atoms with Crippen molar-refractivity contribution in [1.82, 2.24) is 20.5 Å². The van der Waals surface area contributed by atoms with Crippen LogP contribution in [0.25, 0.3) is 10.8 Å². The van der Waals surface area contributed by atoms with Crippen molar-refractivity contribution in [3.63, 3.8) is 0 Å². The smallest absolute Gasteiger partial charge is 0.272 e. The van der Waals surface area contributed by atoms with E-state index in [4.69, 9.17) is 5.26 Å². The summed E-state index contributed by atoms with van der Waals surface area (Å²) in [4.78, 5) is 28.7. The molecule has 0 radical (unpaired) electrons. The predicted molar refractivity (Wildman–Crippen MR) is 111 cm³/mol. The zero-order valence-electron chi connectivity index (χ0n) is 16.6. The van der Waals surface area contributed by atoms with Gasteiger partial charge in [0, 0.05) is 17.3 Å². The van der Waals surface area contributed by atoms with Crippen LogP contribution in [0.4, 0.5) is 0 Å². The van der Waals surface area contributed by atoms with Crippen molar-refractivity contribution in [3.05, 3.63) is 69.4 Å². The van der Waals surface area contributed by atoms with E-state index in [-0.39, 0.29) is 22.9 Å². The van der Waals surface area contributed by atoms with E-state index in [0.717, 1.165) is 36.8 Å². The van der Waals surface area contributed by atoms with Gasteiger partial charge in [-0.05, 0) is 56.2 Å². The van der Waals surface area contributed by atoms with Gasteiger partial charge in [0.2, 0.25) is 0 Å². The number of hydrogen-bond acceptors (Lipinski definition) is 5. The van der Waals surface area contributed by atoms with Gasteiger partial charge in [0.1, 0.15) is 11.8 Å². The molecular weight excluding hydrogens is 378 g/mol. The number of carbonyl (C=O) groups excluding carboxylic acids is 1. The lowest BCUT2D eigenvalue weighted by Crippen LogP contribution is -2.55. The molecule has 2 N–H and O–H groups in total. The number of rotatable bonds is 3. The first-order valence-corrected chi connectivity index (χ1v) is 10.1. The molecule has 0 unspecified atom stereocenters. The number of aryl methyl sites for hydroxylation is 1. The molecule has 2 aliphatic carbocycles. The number of aromatic nitrogens is 3. The first-order valence-electron chi connectivity index (χ1n) is 10.1. The molecule has 7 nitrogen and oxygen atoms in total. The number of nitrogens with one attached hydrogen (secondary N) is 2. The van der Waals surface area contributed by atoms with Crippen molar-refractivity contribution in [2.75, 3.05) is 0 Å². The molecular formula is C23H21N5O2. The number of carbonyl (C=O) groups is 1. The van der Waals surface area contributed by atoms with E-state index in [2.05, 4.69) is 26.6 Å². The van der Waals surface area contributed by atoms with Gasteiger partial charge in [0.05, 0.1) is 22.3 Å². The second-order valence-electron chi connectivity index (χ2n) is 8.61. The maximum absolute atomic E-state index is 12.5. The number of benzene rings is 1. The minimum absolute atomic E-state index is 0.150. The highest BCUT2D eigenvalue weighted by atomic mass is 16.2. The summed E-state index contributed by atoms with van der Waals surface area (Å²) in [6.45, 7) is 1.73. The third-order valence-electron chi connectivity index (χ3n) is 6.60. The van der Waals surface area contributed by atoms with Crippen molar-refractivity contribution in [2.24, 2.45) is 5.41 Å². The third kappa shape index (κ3) is 2.96. The molecule has 1 aromatic carbocycles. The molecule has 2 aromatic heterocycles. The molecule has 0 saturated heterocycles. The Morgan fingerprint density at radius 3 is 2.60 bits per heavy atom. The lowest BCUT2D eigenvalue weighted by molar-refractivity contribution is -0.0197. The fourth-order valence-electron chi connectivity index (χ4n) is 5.11. The summed E-state index contributed by atoms with van der Waals surface area (Å²) < 4.78 is 0. The number of aromatic amines is 1. The third-order valence-corrected chi connectivity index (χ3v) is 6.60. The van der Waals surface area contributed by atoms with Gasteiger partial charge in [-0.1, -0.05) is 18.2 Å². The molecule has 2 saturated carbocycles. The summed E-state index contributed by atoms with van der Waals surface area (Å²) in [6.07, 6.45) is 3.95. The molecule has 0 aliphatic heterocycles. The van der Waals surface area contributed by atoms with Crippen molar-refractivity contribution >= 4 is 16.7 Å². The zero-order valence-corrected chi connectivity index (χ0v) is 16.6. The fraction of sp³-hybridized carbons (Fsp3) is 0.348. The number of fused-ring (bicyclic) bond motifs is 1. The van der Waals surface area contributed by atoms with Crippen molar-refractivity contribution in [1.29, 1.82) is 5.26 Å². The van der Waals surface area contributed by atoms with Crippen LogP contribution < -0.4 is 10.9 Å². The van der Waals surface area contributed by atoms with Crippen LogP contribution in [0, 0.1) is 23.7 Å². The van der Waals surface area contributed by atoms with E-state index in [1.807, 2.05) is 24.3 Å². The van der Waals surface area contributed by atoms with Crippen LogP contribution in [0.5, 0.6) is 0 Å². The van der Waals surface area contributed by atoms with Gasteiger partial charge >= 0.3 is 0 Å². The zero-order chi connectivity index (χ0) is 20.9. The maximum atomic E-state index is 12.5. The van der Waals surface area contributed by atoms with Gasteiger partial charge in [-0.2, -0.15) is 10.4 Å². The molecule has 3 aromatic rings. The largest absolute Gasteiger partial charge is 0.348 e. The topological polar surface area (TPSA) is 112 Å². The van der Waals surface area contributed by atoms with E-state index in [0.29, 0.717) is 28.3 Å². The Kier molecular flexibility index (Phi) is 4.17. The highest BCUT2D eigenvalue weighted by Gasteiger charge is 2.54. The Hall–Kier alpha value is -3.53. The number of pyridine rings is 1. The first-order chi connectivity index (χ1) is 14.5. The fourth-order valence-corrected chi connectivity index (χ4v) is 5.11. The molecule has 1 spiro atoms. The molecule has 0 atom stereocenters. The van der Waals surface area contributed by atoms with E-state index in [1.165, 1.54) is 0 Å². The van der Waals surface area contributed by atoms with Gasteiger partial charge in [-0.25, -0.2) is 10.1 Å². The summed E-state index contributed by atoms with van der Waals surface area (Å²) in [5.74, 6) is 0.151. The van der Waals surface area contributed by atoms with Crippen LogP contribution in [0.1, 0.15) is 59.0 Å². The quantitative estimate of drug-likeness (QED) is 0.703. The van der Waals surface area contributed by atoms with Crippen LogP contribution in [-0.2, 0) is 0 Å².